The summed E-state index contributed by atoms with van der Waals surface area (Å²) < 4.78 is 9.90. The molecule has 1 unspecified atom stereocenters. The highest BCUT2D eigenvalue weighted by atomic mass is 16.5. The summed E-state index contributed by atoms with van der Waals surface area (Å²) in [6.45, 7) is 4.52. The molecule has 0 radical (unpaired) electrons. The molecular weight excluding hydrogens is 270 g/mol. The number of nitrogens with zero attached hydrogens (tertiary/aromatic N) is 1. The fourth-order valence-corrected chi connectivity index (χ4v) is 1.69. The van der Waals surface area contributed by atoms with E-state index in [9.17, 15) is 4.79 Å². The molecule has 0 saturated carbocycles. The van der Waals surface area contributed by atoms with Crippen molar-refractivity contribution in [2.24, 2.45) is 10.7 Å². The van der Waals surface area contributed by atoms with E-state index >= 15 is 0 Å². The zero-order valence-electron chi connectivity index (χ0n) is 13.0. The first-order chi connectivity index (χ1) is 10.0. The molecule has 0 heterocycles. The third-order valence-corrected chi connectivity index (χ3v) is 3.11. The maximum Gasteiger partial charge on any atom is 0.341 e. The second-order valence-electron chi connectivity index (χ2n) is 4.68. The standard InChI is InChI=1S/C15H23N3O3/c1-5-10(2)18-15(16)17-9-11-6-7-12(14(19)21-4)13(8-11)20-3/h6-8,10H,5,9H2,1-4H3,(H3,16,17,18). The molecule has 0 spiro atoms. The Morgan fingerprint density at radius 3 is 2.71 bits per heavy atom. The molecule has 0 aromatic heterocycles. The van der Waals surface area contributed by atoms with Crippen LogP contribution in [0.3, 0.4) is 0 Å². The number of aliphatic imine (C=N–C) groups is 1. The smallest absolute Gasteiger partial charge is 0.341 e. The summed E-state index contributed by atoms with van der Waals surface area (Å²) in [6, 6.07) is 5.50. The number of rotatable bonds is 6. The number of benzene rings is 1. The highest BCUT2D eigenvalue weighted by Crippen LogP contribution is 2.21. The van der Waals surface area contributed by atoms with Crippen molar-refractivity contribution >= 4 is 11.9 Å². The van der Waals surface area contributed by atoms with Crippen LogP contribution in [0.25, 0.3) is 0 Å². The molecule has 6 heteroatoms. The summed E-state index contributed by atoms with van der Waals surface area (Å²) >= 11 is 0. The van der Waals surface area contributed by atoms with E-state index in [4.69, 9.17) is 15.2 Å². The van der Waals surface area contributed by atoms with E-state index in [0.29, 0.717) is 23.8 Å². The monoisotopic (exact) mass is 293 g/mol. The Kier molecular flexibility index (Phi) is 6.52. The predicted octanol–water partition coefficient (Wildman–Crippen LogP) is 1.68. The van der Waals surface area contributed by atoms with E-state index in [1.807, 2.05) is 6.92 Å². The normalized spacial score (nSPS) is 12.7. The van der Waals surface area contributed by atoms with Crippen molar-refractivity contribution in [3.05, 3.63) is 29.3 Å². The van der Waals surface area contributed by atoms with Crippen molar-refractivity contribution in [1.82, 2.24) is 5.32 Å². The average molecular weight is 293 g/mol. The van der Waals surface area contributed by atoms with Gasteiger partial charge in [0.05, 0.1) is 20.8 Å². The second kappa shape index (κ2) is 8.14. The Morgan fingerprint density at radius 1 is 1.43 bits per heavy atom. The van der Waals surface area contributed by atoms with Gasteiger partial charge in [0.2, 0.25) is 0 Å². The molecule has 116 valence electrons. The van der Waals surface area contributed by atoms with Gasteiger partial charge in [-0.25, -0.2) is 9.79 Å². The maximum absolute atomic E-state index is 11.6. The number of methoxy groups -OCH3 is 2. The molecule has 3 N–H and O–H groups in total. The lowest BCUT2D eigenvalue weighted by atomic mass is 10.1. The summed E-state index contributed by atoms with van der Waals surface area (Å²) in [5.41, 5.74) is 7.09. The van der Waals surface area contributed by atoms with Crippen LogP contribution in [0.15, 0.2) is 23.2 Å². The highest BCUT2D eigenvalue weighted by Gasteiger charge is 2.12. The molecule has 0 fully saturated rings. The number of hydrogen-bond donors (Lipinski definition) is 2. The summed E-state index contributed by atoms with van der Waals surface area (Å²) in [5, 5.41) is 3.09. The first-order valence-electron chi connectivity index (χ1n) is 6.83. The first kappa shape index (κ1) is 16.8. The third kappa shape index (κ3) is 4.98. The lowest BCUT2D eigenvalue weighted by Crippen LogP contribution is -2.38. The van der Waals surface area contributed by atoms with Gasteiger partial charge in [-0.1, -0.05) is 13.0 Å². The van der Waals surface area contributed by atoms with Crippen LogP contribution in [0.1, 0.15) is 36.2 Å². The number of nitrogens with two attached hydrogens (primary N) is 1. The number of nitrogens with one attached hydrogen (secondary N) is 1. The van der Waals surface area contributed by atoms with Crippen LogP contribution in [-0.2, 0) is 11.3 Å². The molecule has 0 aliphatic heterocycles. The van der Waals surface area contributed by atoms with Crippen LogP contribution in [0, 0.1) is 0 Å². The topological polar surface area (TPSA) is 85.9 Å². The first-order valence-corrected chi connectivity index (χ1v) is 6.83. The van der Waals surface area contributed by atoms with Crippen molar-refractivity contribution < 1.29 is 14.3 Å². The molecule has 21 heavy (non-hydrogen) atoms. The number of hydrogen-bond acceptors (Lipinski definition) is 4. The molecule has 6 nitrogen and oxygen atoms in total. The molecule has 0 aliphatic rings. The van der Waals surface area contributed by atoms with Crippen molar-refractivity contribution in [3.63, 3.8) is 0 Å². The fraction of sp³-hybridized carbons (Fsp3) is 0.467. The van der Waals surface area contributed by atoms with Gasteiger partial charge in [-0.15, -0.1) is 0 Å². The van der Waals surface area contributed by atoms with Crippen molar-refractivity contribution in [1.29, 1.82) is 0 Å². The summed E-state index contributed by atoms with van der Waals surface area (Å²) in [4.78, 5) is 15.8. The Hall–Kier alpha value is -2.24. The number of guanidine groups is 1. The van der Waals surface area contributed by atoms with E-state index in [1.165, 1.54) is 14.2 Å². The Labute approximate surface area is 125 Å². The van der Waals surface area contributed by atoms with E-state index in [2.05, 4.69) is 17.2 Å². The molecule has 0 saturated heterocycles. The van der Waals surface area contributed by atoms with Gasteiger partial charge in [0.1, 0.15) is 11.3 Å². The maximum atomic E-state index is 11.6. The zero-order chi connectivity index (χ0) is 15.8. The largest absolute Gasteiger partial charge is 0.496 e. The molecule has 1 aromatic carbocycles. The molecule has 1 atom stereocenters. The SMILES string of the molecule is CCC(C)NC(N)=NCc1ccc(C(=O)OC)c(OC)c1. The molecule has 0 bridgehead atoms. The average Bonchev–Trinajstić information content (AvgIpc) is 2.51. The van der Waals surface area contributed by atoms with Crippen LogP contribution >= 0.6 is 0 Å². The van der Waals surface area contributed by atoms with Crippen molar-refractivity contribution in [3.8, 4) is 5.75 Å². The fourth-order valence-electron chi connectivity index (χ4n) is 1.69. The van der Waals surface area contributed by atoms with Crippen LogP contribution in [0.4, 0.5) is 0 Å². The van der Waals surface area contributed by atoms with Gasteiger partial charge < -0.3 is 20.5 Å². The van der Waals surface area contributed by atoms with Crippen LogP contribution < -0.4 is 15.8 Å². The number of carbonyl (C=O) groups is 1. The summed E-state index contributed by atoms with van der Waals surface area (Å²) in [7, 11) is 2.84. The van der Waals surface area contributed by atoms with Gasteiger partial charge in [0, 0.05) is 6.04 Å². The third-order valence-electron chi connectivity index (χ3n) is 3.11. The van der Waals surface area contributed by atoms with E-state index < -0.39 is 5.97 Å². The van der Waals surface area contributed by atoms with Gasteiger partial charge in [-0.2, -0.15) is 0 Å². The number of esters is 1. The minimum atomic E-state index is -0.431. The van der Waals surface area contributed by atoms with Crippen LogP contribution in [0.2, 0.25) is 0 Å². The van der Waals surface area contributed by atoms with Crippen molar-refractivity contribution in [2.45, 2.75) is 32.9 Å². The molecule has 1 rings (SSSR count). The quantitative estimate of drug-likeness (QED) is 0.473. The summed E-state index contributed by atoms with van der Waals surface area (Å²) in [5.74, 6) is 0.434. The van der Waals surface area contributed by atoms with Gasteiger partial charge in [0.25, 0.3) is 0 Å². The van der Waals surface area contributed by atoms with Gasteiger partial charge in [-0.3, -0.25) is 0 Å². The minimum Gasteiger partial charge on any atom is -0.496 e. The number of carbonyl (C=O) groups excluding carboxylic acids is 1. The van der Waals surface area contributed by atoms with Crippen LogP contribution in [0.5, 0.6) is 5.75 Å². The Morgan fingerprint density at radius 2 is 2.14 bits per heavy atom. The molecular formula is C15H23N3O3. The number of ether oxygens (including phenoxy) is 2. The van der Waals surface area contributed by atoms with Crippen LogP contribution in [-0.4, -0.2) is 32.2 Å². The second-order valence-corrected chi connectivity index (χ2v) is 4.68. The lowest BCUT2D eigenvalue weighted by molar-refractivity contribution is 0.0597. The van der Waals surface area contributed by atoms with E-state index in [0.717, 1.165) is 12.0 Å². The van der Waals surface area contributed by atoms with E-state index in [-0.39, 0.29) is 6.04 Å². The summed E-state index contributed by atoms with van der Waals surface area (Å²) in [6.07, 6.45) is 0.970. The van der Waals surface area contributed by atoms with E-state index in [1.54, 1.807) is 18.2 Å². The lowest BCUT2D eigenvalue weighted by Gasteiger charge is -2.12. The zero-order valence-corrected chi connectivity index (χ0v) is 13.0. The molecule has 1 aromatic rings. The minimum absolute atomic E-state index is 0.282. The Bertz CT molecular complexity index is 515. The highest BCUT2D eigenvalue weighted by molar-refractivity contribution is 5.92. The van der Waals surface area contributed by atoms with Gasteiger partial charge in [0.15, 0.2) is 5.96 Å². The van der Waals surface area contributed by atoms with Gasteiger partial charge in [-0.05, 0) is 31.0 Å². The molecule has 0 amide bonds. The predicted molar refractivity (Wildman–Crippen MR) is 82.5 cm³/mol. The molecule has 0 aliphatic carbocycles. The van der Waals surface area contributed by atoms with Gasteiger partial charge >= 0.3 is 5.97 Å². The van der Waals surface area contributed by atoms with Crippen molar-refractivity contribution in [2.75, 3.05) is 14.2 Å². The Balaban J connectivity index is 2.81.